The van der Waals surface area contributed by atoms with Crippen LogP contribution in [0, 0.1) is 0 Å². The average molecular weight is 366 g/mol. The van der Waals surface area contributed by atoms with E-state index in [2.05, 4.69) is 16.0 Å². The third-order valence-electron chi connectivity index (χ3n) is 5.28. The van der Waals surface area contributed by atoms with Crippen LogP contribution in [0.25, 0.3) is 10.8 Å². The molecule has 3 N–H and O–H groups in total. The summed E-state index contributed by atoms with van der Waals surface area (Å²) in [4.78, 5) is 38.7. The van der Waals surface area contributed by atoms with Crippen molar-refractivity contribution in [2.24, 2.45) is 0 Å². The van der Waals surface area contributed by atoms with Gasteiger partial charge in [0.05, 0.1) is 11.7 Å². The third kappa shape index (κ3) is 3.20. The van der Waals surface area contributed by atoms with E-state index in [1.807, 2.05) is 49.4 Å². The Balaban J connectivity index is 1.43. The summed E-state index contributed by atoms with van der Waals surface area (Å²) in [6.07, 6.45) is 0.990. The van der Waals surface area contributed by atoms with Gasteiger partial charge in [0, 0.05) is 11.9 Å². The lowest BCUT2D eigenvalue weighted by Crippen LogP contribution is -2.60. The summed E-state index contributed by atoms with van der Waals surface area (Å²) in [5.74, 6) is -0.207. The van der Waals surface area contributed by atoms with Gasteiger partial charge in [-0.05, 0) is 24.3 Å². The van der Waals surface area contributed by atoms with E-state index in [1.165, 1.54) is 0 Å². The van der Waals surface area contributed by atoms with Crippen molar-refractivity contribution in [1.29, 1.82) is 0 Å². The lowest BCUT2D eigenvalue weighted by molar-refractivity contribution is -0.147. The molecule has 0 saturated carbocycles. The summed E-state index contributed by atoms with van der Waals surface area (Å²) >= 11 is 0. The van der Waals surface area contributed by atoms with Crippen molar-refractivity contribution in [2.75, 3.05) is 11.9 Å². The third-order valence-corrected chi connectivity index (χ3v) is 5.28. The molecule has 4 rings (SSSR count). The van der Waals surface area contributed by atoms with Gasteiger partial charge in [-0.3, -0.25) is 9.59 Å². The lowest BCUT2D eigenvalue weighted by atomic mass is 10.1. The van der Waals surface area contributed by atoms with Crippen LogP contribution in [0.2, 0.25) is 0 Å². The first kappa shape index (κ1) is 17.3. The van der Waals surface area contributed by atoms with Gasteiger partial charge in [-0.2, -0.15) is 0 Å². The van der Waals surface area contributed by atoms with Crippen molar-refractivity contribution in [1.82, 2.24) is 15.5 Å². The largest absolute Gasteiger partial charge is 0.343 e. The molecule has 7 nitrogen and oxygen atoms in total. The number of hydrogen-bond donors (Lipinski definition) is 3. The Morgan fingerprint density at radius 1 is 1.19 bits per heavy atom. The zero-order valence-electron chi connectivity index (χ0n) is 15.1. The van der Waals surface area contributed by atoms with Crippen molar-refractivity contribution in [3.63, 3.8) is 0 Å². The average Bonchev–Trinajstić information content (AvgIpc) is 3.09. The first-order chi connectivity index (χ1) is 13.1. The summed E-state index contributed by atoms with van der Waals surface area (Å²) in [5, 5.41) is 10.5. The Kier molecular flexibility index (Phi) is 4.43. The standard InChI is InChI=1S/C20H22N4O3/c1-2-15-19(26)24-11-13(10-17(24)18(25)22-15)21-20(27)23-16-9-5-7-12-6-3-4-8-14(12)16/h3-9,13,15,17H,2,10-11H2,1H3,(H,22,25)(H2,21,23,27)/t13-,15-,17-/m0/s1. The van der Waals surface area contributed by atoms with E-state index in [0.717, 1.165) is 16.5 Å². The number of anilines is 1. The van der Waals surface area contributed by atoms with Crippen LogP contribution in [0.1, 0.15) is 19.8 Å². The van der Waals surface area contributed by atoms with E-state index in [-0.39, 0.29) is 23.9 Å². The Hall–Kier alpha value is -3.09. The Labute approximate surface area is 157 Å². The van der Waals surface area contributed by atoms with Gasteiger partial charge in [-0.15, -0.1) is 0 Å². The van der Waals surface area contributed by atoms with Crippen molar-refractivity contribution in [2.45, 2.75) is 37.9 Å². The fourth-order valence-electron chi connectivity index (χ4n) is 3.92. The van der Waals surface area contributed by atoms with Gasteiger partial charge >= 0.3 is 6.03 Å². The molecule has 2 aliphatic rings. The fourth-order valence-corrected chi connectivity index (χ4v) is 3.92. The number of amides is 4. The second kappa shape index (κ2) is 6.90. The highest BCUT2D eigenvalue weighted by Gasteiger charge is 2.46. The van der Waals surface area contributed by atoms with Gasteiger partial charge in [0.15, 0.2) is 0 Å². The maximum atomic E-state index is 12.5. The van der Waals surface area contributed by atoms with Crippen molar-refractivity contribution in [3.05, 3.63) is 42.5 Å². The second-order valence-electron chi connectivity index (χ2n) is 7.03. The van der Waals surface area contributed by atoms with Crippen LogP contribution in [-0.2, 0) is 9.59 Å². The molecule has 2 saturated heterocycles. The summed E-state index contributed by atoms with van der Waals surface area (Å²) in [6, 6.07) is 12.0. The van der Waals surface area contributed by atoms with E-state index in [9.17, 15) is 14.4 Å². The van der Waals surface area contributed by atoms with Gasteiger partial charge in [0.2, 0.25) is 11.8 Å². The van der Waals surface area contributed by atoms with Gasteiger partial charge in [0.1, 0.15) is 12.1 Å². The minimum Gasteiger partial charge on any atom is -0.343 e. The Morgan fingerprint density at radius 3 is 2.78 bits per heavy atom. The molecule has 4 amide bonds. The predicted octanol–water partition coefficient (Wildman–Crippen LogP) is 1.84. The van der Waals surface area contributed by atoms with Crippen LogP contribution in [0.3, 0.4) is 0 Å². The van der Waals surface area contributed by atoms with Gasteiger partial charge in [-0.1, -0.05) is 43.3 Å². The maximum Gasteiger partial charge on any atom is 0.319 e. The molecule has 2 fully saturated rings. The normalized spacial score (nSPS) is 24.5. The van der Waals surface area contributed by atoms with Crippen LogP contribution in [-0.4, -0.2) is 47.4 Å². The van der Waals surface area contributed by atoms with Crippen LogP contribution < -0.4 is 16.0 Å². The first-order valence-electron chi connectivity index (χ1n) is 9.23. The first-order valence-corrected chi connectivity index (χ1v) is 9.23. The van der Waals surface area contributed by atoms with E-state index >= 15 is 0 Å². The van der Waals surface area contributed by atoms with Crippen LogP contribution >= 0.6 is 0 Å². The summed E-state index contributed by atoms with van der Waals surface area (Å²) in [7, 11) is 0. The molecule has 140 valence electrons. The number of fused-ring (bicyclic) bond motifs is 2. The predicted molar refractivity (Wildman–Crippen MR) is 102 cm³/mol. The molecule has 0 spiro atoms. The number of benzene rings is 2. The number of nitrogens with one attached hydrogen (secondary N) is 3. The minimum absolute atomic E-state index is 0.0686. The number of urea groups is 1. The molecule has 0 aliphatic carbocycles. The molecule has 27 heavy (non-hydrogen) atoms. The number of piperazine rings is 1. The molecular formula is C20H22N4O3. The summed E-state index contributed by atoms with van der Waals surface area (Å²) in [6.45, 7) is 2.23. The van der Waals surface area contributed by atoms with Gasteiger partial charge in [0.25, 0.3) is 0 Å². The second-order valence-corrected chi connectivity index (χ2v) is 7.03. The molecule has 2 aliphatic heterocycles. The zero-order chi connectivity index (χ0) is 19.0. The molecule has 2 aromatic carbocycles. The molecule has 0 bridgehead atoms. The summed E-state index contributed by atoms with van der Waals surface area (Å²) < 4.78 is 0. The number of rotatable bonds is 3. The van der Waals surface area contributed by atoms with Crippen LogP contribution in [0.5, 0.6) is 0 Å². The highest BCUT2D eigenvalue weighted by molar-refractivity contribution is 6.02. The zero-order valence-corrected chi connectivity index (χ0v) is 15.1. The topological polar surface area (TPSA) is 90.5 Å². The molecule has 7 heteroatoms. The van der Waals surface area contributed by atoms with E-state index in [0.29, 0.717) is 19.4 Å². The Bertz CT molecular complexity index is 908. The van der Waals surface area contributed by atoms with Crippen molar-refractivity contribution < 1.29 is 14.4 Å². The SMILES string of the molecule is CC[C@@H]1NC(=O)[C@@H]2C[C@H](NC(=O)Nc3cccc4ccccc34)CN2C1=O. The van der Waals surface area contributed by atoms with E-state index < -0.39 is 12.1 Å². The molecule has 0 aromatic heterocycles. The van der Waals surface area contributed by atoms with E-state index in [4.69, 9.17) is 0 Å². The highest BCUT2D eigenvalue weighted by Crippen LogP contribution is 2.25. The molecular weight excluding hydrogens is 344 g/mol. The maximum absolute atomic E-state index is 12.5. The van der Waals surface area contributed by atoms with Crippen molar-refractivity contribution >= 4 is 34.3 Å². The number of carbonyl (C=O) groups excluding carboxylic acids is 3. The van der Waals surface area contributed by atoms with Crippen LogP contribution in [0.15, 0.2) is 42.5 Å². The molecule has 0 radical (unpaired) electrons. The van der Waals surface area contributed by atoms with Crippen molar-refractivity contribution in [3.8, 4) is 0 Å². The number of hydrogen-bond acceptors (Lipinski definition) is 3. The fraction of sp³-hybridized carbons (Fsp3) is 0.350. The molecule has 2 heterocycles. The van der Waals surface area contributed by atoms with E-state index in [1.54, 1.807) is 4.90 Å². The van der Waals surface area contributed by atoms with Gasteiger partial charge in [-0.25, -0.2) is 4.79 Å². The molecule has 0 unspecified atom stereocenters. The lowest BCUT2D eigenvalue weighted by Gasteiger charge is -2.33. The number of carbonyl (C=O) groups is 3. The molecule has 3 atom stereocenters. The van der Waals surface area contributed by atoms with Crippen LogP contribution in [0.4, 0.5) is 10.5 Å². The highest BCUT2D eigenvalue weighted by atomic mass is 16.2. The Morgan fingerprint density at radius 2 is 1.96 bits per heavy atom. The van der Waals surface area contributed by atoms with Gasteiger partial charge < -0.3 is 20.9 Å². The summed E-state index contributed by atoms with van der Waals surface area (Å²) in [5.41, 5.74) is 0.723. The number of nitrogens with zero attached hydrogens (tertiary/aromatic N) is 1. The quantitative estimate of drug-likeness (QED) is 0.774. The minimum atomic E-state index is -0.497. The smallest absolute Gasteiger partial charge is 0.319 e. The monoisotopic (exact) mass is 366 g/mol. The molecule has 2 aromatic rings.